The maximum atomic E-state index is 5.79. The number of aryl methyl sites for hydroxylation is 2. The Kier molecular flexibility index (Phi) is 3.76. The van der Waals surface area contributed by atoms with Crippen LogP contribution in [0.15, 0.2) is 54.9 Å². The van der Waals surface area contributed by atoms with Crippen molar-refractivity contribution in [3.63, 3.8) is 0 Å². The van der Waals surface area contributed by atoms with Gasteiger partial charge in [-0.05, 0) is 55.3 Å². The maximum Gasteiger partial charge on any atom is 0.100 e. The fraction of sp³-hybridized carbons (Fsp3) is 0.125. The molecule has 0 saturated heterocycles. The number of anilines is 3. The van der Waals surface area contributed by atoms with Crippen molar-refractivity contribution in [2.45, 2.75) is 13.8 Å². The molecule has 0 fully saturated rings. The van der Waals surface area contributed by atoms with Crippen LogP contribution in [-0.4, -0.2) is 0 Å². The van der Waals surface area contributed by atoms with E-state index in [1.54, 1.807) is 0 Å². The van der Waals surface area contributed by atoms with Crippen LogP contribution in [0.4, 0.5) is 17.1 Å². The molecule has 3 heteroatoms. The molecule has 0 aromatic heterocycles. The van der Waals surface area contributed by atoms with Crippen LogP contribution in [0.5, 0.6) is 0 Å². The first-order chi connectivity index (χ1) is 9.04. The fourth-order valence-electron chi connectivity index (χ4n) is 1.86. The highest BCUT2D eigenvalue weighted by molar-refractivity contribution is 5.61. The lowest BCUT2D eigenvalue weighted by Gasteiger charge is -2.13. The molecule has 0 spiro atoms. The van der Waals surface area contributed by atoms with Crippen molar-refractivity contribution in [3.8, 4) is 0 Å². The first-order valence-electron chi connectivity index (χ1n) is 6.20. The van der Waals surface area contributed by atoms with Gasteiger partial charge in [0.15, 0.2) is 0 Å². The molecule has 0 heterocycles. The summed E-state index contributed by atoms with van der Waals surface area (Å²) in [5.74, 6) is 0.731. The molecular weight excluding hydrogens is 234 g/mol. The van der Waals surface area contributed by atoms with Crippen LogP contribution in [0.3, 0.4) is 0 Å². The lowest BCUT2D eigenvalue weighted by Crippen LogP contribution is -2.08. The molecule has 98 valence electrons. The second kappa shape index (κ2) is 5.48. The fourth-order valence-corrected chi connectivity index (χ4v) is 1.86. The summed E-state index contributed by atoms with van der Waals surface area (Å²) in [6.07, 6.45) is 0. The van der Waals surface area contributed by atoms with Gasteiger partial charge in [0.25, 0.3) is 0 Å². The minimum Gasteiger partial charge on any atom is -0.399 e. The van der Waals surface area contributed by atoms with Gasteiger partial charge in [0.05, 0.1) is 0 Å². The van der Waals surface area contributed by atoms with E-state index in [4.69, 9.17) is 5.73 Å². The number of nitrogens with one attached hydrogen (secondary N) is 2. The second-order valence-corrected chi connectivity index (χ2v) is 4.67. The summed E-state index contributed by atoms with van der Waals surface area (Å²) in [6, 6.07) is 14.0. The zero-order valence-corrected chi connectivity index (χ0v) is 11.3. The average molecular weight is 253 g/mol. The Morgan fingerprint density at radius 2 is 1.68 bits per heavy atom. The third-order valence-electron chi connectivity index (χ3n) is 2.88. The molecule has 2 aromatic carbocycles. The van der Waals surface area contributed by atoms with E-state index in [0.717, 1.165) is 28.4 Å². The summed E-state index contributed by atoms with van der Waals surface area (Å²) < 4.78 is 0. The van der Waals surface area contributed by atoms with Gasteiger partial charge in [-0.2, -0.15) is 0 Å². The molecule has 19 heavy (non-hydrogen) atoms. The summed E-state index contributed by atoms with van der Waals surface area (Å²) >= 11 is 0. The average Bonchev–Trinajstić information content (AvgIpc) is 2.34. The Balaban J connectivity index is 2.03. The number of nitrogens with two attached hydrogens (primary N) is 1. The van der Waals surface area contributed by atoms with Gasteiger partial charge in [-0.25, -0.2) is 0 Å². The third kappa shape index (κ3) is 3.52. The Labute approximate surface area is 114 Å². The molecule has 3 nitrogen and oxygen atoms in total. The Morgan fingerprint density at radius 1 is 1.00 bits per heavy atom. The van der Waals surface area contributed by atoms with E-state index >= 15 is 0 Å². The van der Waals surface area contributed by atoms with Crippen LogP contribution in [0, 0.1) is 13.8 Å². The molecule has 2 aromatic rings. The minimum absolute atomic E-state index is 0.731. The van der Waals surface area contributed by atoms with E-state index in [1.807, 2.05) is 37.3 Å². The van der Waals surface area contributed by atoms with Gasteiger partial charge < -0.3 is 16.4 Å². The summed E-state index contributed by atoms with van der Waals surface area (Å²) in [5, 5.41) is 6.45. The quantitative estimate of drug-likeness (QED) is 0.725. The molecule has 2 rings (SSSR count). The smallest absolute Gasteiger partial charge is 0.100 e. The van der Waals surface area contributed by atoms with Crippen LogP contribution < -0.4 is 16.4 Å². The summed E-state index contributed by atoms with van der Waals surface area (Å²) in [6.45, 7) is 8.02. The highest BCUT2D eigenvalue weighted by Crippen LogP contribution is 2.18. The lowest BCUT2D eigenvalue weighted by atomic mass is 10.2. The van der Waals surface area contributed by atoms with Gasteiger partial charge in [-0.15, -0.1) is 0 Å². The minimum atomic E-state index is 0.731. The predicted octanol–water partition coefficient (Wildman–Crippen LogP) is 3.88. The van der Waals surface area contributed by atoms with Crippen molar-refractivity contribution >= 4 is 17.1 Å². The Bertz CT molecular complexity index is 603. The number of hydrogen-bond acceptors (Lipinski definition) is 3. The highest BCUT2D eigenvalue weighted by Gasteiger charge is 1.99. The monoisotopic (exact) mass is 253 g/mol. The molecule has 0 aliphatic heterocycles. The zero-order valence-electron chi connectivity index (χ0n) is 11.3. The Hall–Kier alpha value is -2.42. The second-order valence-electron chi connectivity index (χ2n) is 4.67. The van der Waals surface area contributed by atoms with Crippen molar-refractivity contribution in [1.82, 2.24) is 0 Å². The summed E-state index contributed by atoms with van der Waals surface area (Å²) in [7, 11) is 0. The number of benzene rings is 2. The van der Waals surface area contributed by atoms with Crippen LogP contribution in [0.25, 0.3) is 0 Å². The Morgan fingerprint density at radius 3 is 2.32 bits per heavy atom. The maximum absolute atomic E-state index is 5.79. The first kappa shape index (κ1) is 13.0. The SMILES string of the molecule is C=C(Nc1cccc(C)c1)Nc1ccc(N)c(C)c1. The van der Waals surface area contributed by atoms with Crippen molar-refractivity contribution in [2.75, 3.05) is 16.4 Å². The molecular formula is C16H19N3. The van der Waals surface area contributed by atoms with Crippen molar-refractivity contribution in [3.05, 3.63) is 66.0 Å². The molecule has 0 aliphatic rings. The van der Waals surface area contributed by atoms with Gasteiger partial charge in [0.2, 0.25) is 0 Å². The van der Waals surface area contributed by atoms with E-state index in [-0.39, 0.29) is 0 Å². The molecule has 0 amide bonds. The summed E-state index contributed by atoms with van der Waals surface area (Å²) in [5.41, 5.74) is 10.8. The predicted molar refractivity (Wildman–Crippen MR) is 83.2 cm³/mol. The lowest BCUT2D eigenvalue weighted by molar-refractivity contribution is 1.35. The highest BCUT2D eigenvalue weighted by atomic mass is 15.1. The number of hydrogen-bond donors (Lipinski definition) is 3. The van der Waals surface area contributed by atoms with Crippen LogP contribution >= 0.6 is 0 Å². The standard InChI is InChI=1S/C16H19N3/c1-11-5-4-6-14(9-11)18-13(3)19-15-7-8-16(17)12(2)10-15/h4-10,18-19H,3,17H2,1-2H3. The van der Waals surface area contributed by atoms with E-state index in [1.165, 1.54) is 5.56 Å². The van der Waals surface area contributed by atoms with Crippen molar-refractivity contribution in [1.29, 1.82) is 0 Å². The zero-order chi connectivity index (χ0) is 13.8. The van der Waals surface area contributed by atoms with Crippen molar-refractivity contribution in [2.24, 2.45) is 0 Å². The van der Waals surface area contributed by atoms with Crippen LogP contribution in [-0.2, 0) is 0 Å². The molecule has 0 atom stereocenters. The molecule has 0 unspecified atom stereocenters. The van der Waals surface area contributed by atoms with Gasteiger partial charge in [-0.1, -0.05) is 18.7 Å². The first-order valence-corrected chi connectivity index (χ1v) is 6.20. The van der Waals surface area contributed by atoms with Crippen molar-refractivity contribution < 1.29 is 0 Å². The number of nitrogen functional groups attached to an aromatic ring is 1. The van der Waals surface area contributed by atoms with Gasteiger partial charge in [0, 0.05) is 17.1 Å². The molecule has 0 radical (unpaired) electrons. The molecule has 4 N–H and O–H groups in total. The largest absolute Gasteiger partial charge is 0.399 e. The van der Waals surface area contributed by atoms with Gasteiger partial charge in [0.1, 0.15) is 5.82 Å². The van der Waals surface area contributed by atoms with Crippen LogP contribution in [0.2, 0.25) is 0 Å². The molecule has 0 aliphatic carbocycles. The van der Waals surface area contributed by atoms with Gasteiger partial charge in [-0.3, -0.25) is 0 Å². The number of rotatable bonds is 4. The van der Waals surface area contributed by atoms with E-state index in [9.17, 15) is 0 Å². The van der Waals surface area contributed by atoms with Gasteiger partial charge >= 0.3 is 0 Å². The molecule has 0 bridgehead atoms. The summed E-state index contributed by atoms with van der Waals surface area (Å²) in [4.78, 5) is 0. The van der Waals surface area contributed by atoms with E-state index in [0.29, 0.717) is 0 Å². The normalized spacial score (nSPS) is 10.0. The van der Waals surface area contributed by atoms with E-state index < -0.39 is 0 Å². The third-order valence-corrected chi connectivity index (χ3v) is 2.88. The topological polar surface area (TPSA) is 50.1 Å². The molecule has 0 saturated carbocycles. The van der Waals surface area contributed by atoms with Crippen LogP contribution in [0.1, 0.15) is 11.1 Å². The van der Waals surface area contributed by atoms with E-state index in [2.05, 4.69) is 36.3 Å².